The molecule has 5 heteroatoms. The van der Waals surface area contributed by atoms with E-state index in [0.29, 0.717) is 12.1 Å². The highest BCUT2D eigenvalue weighted by Crippen LogP contribution is 2.04. The molecule has 2 rings (SSSR count). The monoisotopic (exact) mass is 283 g/mol. The van der Waals surface area contributed by atoms with Crippen molar-refractivity contribution in [2.24, 2.45) is 0 Å². The van der Waals surface area contributed by atoms with Crippen LogP contribution in [0.3, 0.4) is 0 Å². The summed E-state index contributed by atoms with van der Waals surface area (Å²) in [4.78, 5) is 12.1. The number of nitrogens with one attached hydrogen (secondary N) is 1. The fourth-order valence-electron chi connectivity index (χ4n) is 1.89. The van der Waals surface area contributed by atoms with Gasteiger partial charge in [0.1, 0.15) is 6.61 Å². The topological polar surface area (TPSA) is 67.2 Å². The zero-order chi connectivity index (χ0) is 15.1. The fraction of sp³-hybridized carbons (Fsp3) is 0.250. The number of aliphatic hydroxyl groups excluding tert-OH is 1. The third-order valence-corrected chi connectivity index (χ3v) is 2.86. The van der Waals surface area contributed by atoms with Crippen molar-refractivity contribution in [1.82, 2.24) is 15.1 Å². The maximum atomic E-state index is 12.1. The second-order valence-electron chi connectivity index (χ2n) is 4.64. The zero-order valence-corrected chi connectivity index (χ0v) is 11.8. The van der Waals surface area contributed by atoms with E-state index >= 15 is 0 Å². The normalized spacial score (nSPS) is 11.3. The molecule has 0 aliphatic rings. The Kier molecular flexibility index (Phi) is 5.13. The van der Waals surface area contributed by atoms with Crippen molar-refractivity contribution < 1.29 is 9.90 Å². The number of amides is 1. The van der Waals surface area contributed by atoms with E-state index in [4.69, 9.17) is 5.11 Å². The number of rotatable bonds is 4. The quantitative estimate of drug-likeness (QED) is 0.824. The molecule has 0 radical (unpaired) electrons. The Labute approximate surface area is 123 Å². The van der Waals surface area contributed by atoms with Gasteiger partial charge in [0, 0.05) is 29.6 Å². The minimum atomic E-state index is -0.173. The van der Waals surface area contributed by atoms with Crippen LogP contribution in [0, 0.1) is 11.8 Å². The van der Waals surface area contributed by atoms with E-state index in [1.807, 2.05) is 19.2 Å². The average molecular weight is 283 g/mol. The molecule has 2 N–H and O–H groups in total. The zero-order valence-electron chi connectivity index (χ0n) is 11.8. The minimum Gasteiger partial charge on any atom is -0.384 e. The molecule has 1 aromatic carbocycles. The van der Waals surface area contributed by atoms with Gasteiger partial charge in [-0.1, -0.05) is 11.8 Å². The standard InChI is InChI=1S/C16H17N3O2/c1-13(12-19-10-3-9-17-19)18-16(21)15-7-5-14(6-8-15)4-2-11-20/h3,5-10,13,20H,11-12H2,1H3,(H,18,21). The van der Waals surface area contributed by atoms with E-state index in [2.05, 4.69) is 22.3 Å². The van der Waals surface area contributed by atoms with Crippen LogP contribution < -0.4 is 5.32 Å². The first-order valence-corrected chi connectivity index (χ1v) is 6.67. The summed E-state index contributed by atoms with van der Waals surface area (Å²) < 4.78 is 1.78. The van der Waals surface area contributed by atoms with Crippen molar-refractivity contribution in [3.8, 4) is 11.8 Å². The fourth-order valence-corrected chi connectivity index (χ4v) is 1.89. The number of carbonyl (C=O) groups excluding carboxylic acids is 1. The van der Waals surface area contributed by atoms with E-state index in [9.17, 15) is 4.79 Å². The van der Waals surface area contributed by atoms with Gasteiger partial charge in [-0.3, -0.25) is 9.48 Å². The van der Waals surface area contributed by atoms with Crippen LogP contribution in [0.1, 0.15) is 22.8 Å². The summed E-state index contributed by atoms with van der Waals surface area (Å²) in [6, 6.07) is 8.78. The third kappa shape index (κ3) is 4.48. The van der Waals surface area contributed by atoms with Gasteiger partial charge in [0.25, 0.3) is 5.91 Å². The Morgan fingerprint density at radius 1 is 1.43 bits per heavy atom. The summed E-state index contributed by atoms with van der Waals surface area (Å²) in [6.07, 6.45) is 3.57. The van der Waals surface area contributed by atoms with Gasteiger partial charge in [0.05, 0.1) is 6.54 Å². The molecule has 1 unspecified atom stereocenters. The highest BCUT2D eigenvalue weighted by Gasteiger charge is 2.10. The van der Waals surface area contributed by atoms with Crippen LogP contribution >= 0.6 is 0 Å². The molecular formula is C16H17N3O2. The lowest BCUT2D eigenvalue weighted by atomic mass is 10.1. The number of benzene rings is 1. The molecule has 0 spiro atoms. The summed E-state index contributed by atoms with van der Waals surface area (Å²) in [6.45, 7) is 2.38. The molecule has 21 heavy (non-hydrogen) atoms. The Morgan fingerprint density at radius 2 is 2.19 bits per heavy atom. The predicted octanol–water partition coefficient (Wildman–Crippen LogP) is 1.05. The smallest absolute Gasteiger partial charge is 0.251 e. The number of aliphatic hydroxyl groups is 1. The van der Waals surface area contributed by atoms with Gasteiger partial charge in [-0.15, -0.1) is 0 Å². The SMILES string of the molecule is CC(Cn1cccn1)NC(=O)c1ccc(C#CCO)cc1. The number of aromatic nitrogens is 2. The van der Waals surface area contributed by atoms with Crippen LogP contribution in [0.25, 0.3) is 0 Å². The Morgan fingerprint density at radius 3 is 2.81 bits per heavy atom. The minimum absolute atomic E-state index is 0.0220. The largest absolute Gasteiger partial charge is 0.384 e. The van der Waals surface area contributed by atoms with E-state index in [1.54, 1.807) is 35.1 Å². The molecule has 0 aliphatic carbocycles. The number of hydrogen-bond donors (Lipinski definition) is 2. The third-order valence-electron chi connectivity index (χ3n) is 2.86. The number of nitrogens with zero attached hydrogens (tertiary/aromatic N) is 2. The van der Waals surface area contributed by atoms with Gasteiger partial charge < -0.3 is 10.4 Å². The van der Waals surface area contributed by atoms with Crippen molar-refractivity contribution in [2.45, 2.75) is 19.5 Å². The average Bonchev–Trinajstić information content (AvgIpc) is 2.98. The van der Waals surface area contributed by atoms with E-state index in [0.717, 1.165) is 5.56 Å². The van der Waals surface area contributed by atoms with Gasteiger partial charge >= 0.3 is 0 Å². The lowest BCUT2D eigenvalue weighted by molar-refractivity contribution is 0.0936. The summed E-state index contributed by atoms with van der Waals surface area (Å²) in [7, 11) is 0. The highest BCUT2D eigenvalue weighted by molar-refractivity contribution is 5.94. The molecule has 0 saturated heterocycles. The molecule has 0 fully saturated rings. The molecule has 0 aliphatic heterocycles. The summed E-state index contributed by atoms with van der Waals surface area (Å²) in [5.41, 5.74) is 1.35. The summed E-state index contributed by atoms with van der Waals surface area (Å²) in [5, 5.41) is 15.7. The van der Waals surface area contributed by atoms with Crippen molar-refractivity contribution in [3.05, 3.63) is 53.9 Å². The number of carbonyl (C=O) groups is 1. The van der Waals surface area contributed by atoms with Crippen molar-refractivity contribution in [1.29, 1.82) is 0 Å². The molecule has 1 amide bonds. The molecule has 1 atom stereocenters. The van der Waals surface area contributed by atoms with Crippen LogP contribution in [0.5, 0.6) is 0 Å². The van der Waals surface area contributed by atoms with Crippen molar-refractivity contribution in [2.75, 3.05) is 6.61 Å². The first kappa shape index (κ1) is 14.8. The molecule has 0 saturated carbocycles. The lowest BCUT2D eigenvalue weighted by Gasteiger charge is -2.14. The first-order valence-electron chi connectivity index (χ1n) is 6.67. The van der Waals surface area contributed by atoms with Gasteiger partial charge in [-0.25, -0.2) is 0 Å². The Balaban J connectivity index is 1.93. The lowest BCUT2D eigenvalue weighted by Crippen LogP contribution is -2.35. The van der Waals surface area contributed by atoms with Crippen LogP contribution in [0.2, 0.25) is 0 Å². The van der Waals surface area contributed by atoms with Crippen LogP contribution in [0.15, 0.2) is 42.7 Å². The molecular weight excluding hydrogens is 266 g/mol. The van der Waals surface area contributed by atoms with Gasteiger partial charge in [0.2, 0.25) is 0 Å². The highest BCUT2D eigenvalue weighted by atomic mass is 16.2. The van der Waals surface area contributed by atoms with Crippen molar-refractivity contribution in [3.63, 3.8) is 0 Å². The van der Waals surface area contributed by atoms with Gasteiger partial charge in [0.15, 0.2) is 0 Å². The van der Waals surface area contributed by atoms with E-state index in [-0.39, 0.29) is 18.6 Å². The maximum absolute atomic E-state index is 12.1. The predicted molar refractivity (Wildman–Crippen MR) is 79.6 cm³/mol. The van der Waals surface area contributed by atoms with E-state index < -0.39 is 0 Å². The molecule has 108 valence electrons. The molecule has 1 aromatic heterocycles. The molecule has 2 aromatic rings. The summed E-state index contributed by atoms with van der Waals surface area (Å²) >= 11 is 0. The van der Waals surface area contributed by atoms with E-state index in [1.165, 1.54) is 0 Å². The molecule has 5 nitrogen and oxygen atoms in total. The van der Waals surface area contributed by atoms with Crippen LogP contribution in [-0.4, -0.2) is 33.4 Å². The number of hydrogen-bond acceptors (Lipinski definition) is 3. The van der Waals surface area contributed by atoms with Crippen molar-refractivity contribution >= 4 is 5.91 Å². The first-order chi connectivity index (χ1) is 10.2. The second kappa shape index (κ2) is 7.27. The van der Waals surface area contributed by atoms with Crippen LogP contribution in [-0.2, 0) is 6.54 Å². The second-order valence-corrected chi connectivity index (χ2v) is 4.64. The Hall–Kier alpha value is -2.58. The molecule has 1 heterocycles. The maximum Gasteiger partial charge on any atom is 0.251 e. The summed E-state index contributed by atoms with van der Waals surface area (Å²) in [5.74, 6) is 5.22. The Bertz CT molecular complexity index is 636. The van der Waals surface area contributed by atoms with Crippen LogP contribution in [0.4, 0.5) is 0 Å². The van der Waals surface area contributed by atoms with Gasteiger partial charge in [-0.05, 0) is 37.3 Å². The van der Waals surface area contributed by atoms with Gasteiger partial charge in [-0.2, -0.15) is 5.10 Å². The molecule has 0 bridgehead atoms.